The fourth-order valence-corrected chi connectivity index (χ4v) is 1.68. The van der Waals surface area contributed by atoms with Crippen LogP contribution in [0.15, 0.2) is 35.1 Å². The quantitative estimate of drug-likeness (QED) is 0.720. The van der Waals surface area contributed by atoms with E-state index in [4.69, 9.17) is 4.52 Å². The first-order valence-electron chi connectivity index (χ1n) is 5.40. The van der Waals surface area contributed by atoms with Crippen molar-refractivity contribution in [3.63, 3.8) is 0 Å². The molecule has 1 amide bonds. The van der Waals surface area contributed by atoms with Gasteiger partial charge >= 0.3 is 0 Å². The van der Waals surface area contributed by atoms with E-state index in [0.717, 1.165) is 11.0 Å². The molecular formula is C12H10N4O2. The van der Waals surface area contributed by atoms with Crippen LogP contribution in [0.1, 0.15) is 16.2 Å². The summed E-state index contributed by atoms with van der Waals surface area (Å²) in [4.78, 5) is 19.0. The van der Waals surface area contributed by atoms with Crippen molar-refractivity contribution < 1.29 is 9.32 Å². The van der Waals surface area contributed by atoms with Crippen molar-refractivity contribution in [3.05, 3.63) is 42.0 Å². The lowest BCUT2D eigenvalue weighted by Crippen LogP contribution is -2.12. The predicted molar refractivity (Wildman–Crippen MR) is 65.3 cm³/mol. The smallest absolute Gasteiger partial charge is 0.277 e. The minimum absolute atomic E-state index is 0.252. The molecule has 0 spiro atoms. The third kappa shape index (κ3) is 1.84. The van der Waals surface area contributed by atoms with Gasteiger partial charge in [0.2, 0.25) is 0 Å². The fraction of sp³-hybridized carbons (Fsp3) is 0.0833. The van der Waals surface area contributed by atoms with E-state index in [1.54, 1.807) is 25.4 Å². The highest BCUT2D eigenvalue weighted by Gasteiger charge is 2.11. The number of fused-ring (bicyclic) bond motifs is 1. The number of carbonyl (C=O) groups is 1. The fourth-order valence-electron chi connectivity index (χ4n) is 1.68. The number of H-pyrrole nitrogens is 1. The summed E-state index contributed by atoms with van der Waals surface area (Å²) in [6.07, 6.45) is 3.38. The van der Waals surface area contributed by atoms with Crippen molar-refractivity contribution in [2.24, 2.45) is 0 Å². The Morgan fingerprint density at radius 1 is 1.44 bits per heavy atom. The molecule has 0 atom stereocenters. The Kier molecular flexibility index (Phi) is 2.33. The second-order valence-electron chi connectivity index (χ2n) is 3.92. The van der Waals surface area contributed by atoms with E-state index in [2.05, 4.69) is 20.4 Å². The number of pyridine rings is 1. The molecule has 0 radical (unpaired) electrons. The highest BCUT2D eigenvalue weighted by molar-refractivity contribution is 6.03. The maximum absolute atomic E-state index is 11.8. The molecule has 2 N–H and O–H groups in total. The number of carbonyl (C=O) groups excluding carboxylic acids is 1. The molecule has 0 unspecified atom stereocenters. The average Bonchev–Trinajstić information content (AvgIpc) is 2.96. The summed E-state index contributed by atoms with van der Waals surface area (Å²) in [6.45, 7) is 1.73. The van der Waals surface area contributed by atoms with Crippen molar-refractivity contribution in [1.29, 1.82) is 0 Å². The predicted octanol–water partition coefficient (Wildman–Crippen LogP) is 2.11. The topological polar surface area (TPSA) is 83.8 Å². The number of rotatable bonds is 2. The summed E-state index contributed by atoms with van der Waals surface area (Å²) in [5, 5.41) is 7.30. The Balaban J connectivity index is 1.85. The van der Waals surface area contributed by atoms with Crippen LogP contribution in [0.5, 0.6) is 0 Å². The van der Waals surface area contributed by atoms with Gasteiger partial charge in [0.1, 0.15) is 11.4 Å². The maximum atomic E-state index is 11.8. The molecule has 3 aromatic rings. The molecule has 6 heteroatoms. The van der Waals surface area contributed by atoms with Crippen LogP contribution >= 0.6 is 0 Å². The van der Waals surface area contributed by atoms with Crippen LogP contribution in [0.2, 0.25) is 0 Å². The summed E-state index contributed by atoms with van der Waals surface area (Å²) in [5.74, 6) is 0.280. The summed E-state index contributed by atoms with van der Waals surface area (Å²) in [5.41, 5.74) is 1.65. The van der Waals surface area contributed by atoms with Gasteiger partial charge in [-0.15, -0.1) is 0 Å². The maximum Gasteiger partial charge on any atom is 0.277 e. The molecule has 3 rings (SSSR count). The summed E-state index contributed by atoms with van der Waals surface area (Å²) >= 11 is 0. The number of aromatic amines is 1. The van der Waals surface area contributed by atoms with Gasteiger partial charge < -0.3 is 14.8 Å². The second kappa shape index (κ2) is 3.99. The van der Waals surface area contributed by atoms with E-state index >= 15 is 0 Å². The normalized spacial score (nSPS) is 10.7. The lowest BCUT2D eigenvalue weighted by molar-refractivity contribution is 0.101. The van der Waals surface area contributed by atoms with Crippen molar-refractivity contribution in [2.75, 3.05) is 5.32 Å². The zero-order valence-corrected chi connectivity index (χ0v) is 9.60. The van der Waals surface area contributed by atoms with E-state index in [1.807, 2.05) is 12.1 Å². The monoisotopic (exact) mass is 242 g/mol. The first-order valence-corrected chi connectivity index (χ1v) is 5.40. The van der Waals surface area contributed by atoms with Crippen molar-refractivity contribution in [3.8, 4) is 0 Å². The highest BCUT2D eigenvalue weighted by atomic mass is 16.5. The Labute approximate surface area is 102 Å². The first-order chi connectivity index (χ1) is 8.72. The van der Waals surface area contributed by atoms with Gasteiger partial charge in [0.15, 0.2) is 5.69 Å². The molecule has 90 valence electrons. The molecule has 0 aliphatic carbocycles. The lowest BCUT2D eigenvalue weighted by Gasteiger charge is -2.01. The third-order valence-corrected chi connectivity index (χ3v) is 2.52. The average molecular weight is 242 g/mol. The van der Waals surface area contributed by atoms with Crippen LogP contribution in [0.4, 0.5) is 5.69 Å². The van der Waals surface area contributed by atoms with Crippen LogP contribution in [-0.2, 0) is 0 Å². The molecule has 0 bridgehead atoms. The number of nitrogens with zero attached hydrogens (tertiary/aromatic N) is 2. The first kappa shape index (κ1) is 10.5. The van der Waals surface area contributed by atoms with Gasteiger partial charge in [-0.2, -0.15) is 0 Å². The largest absolute Gasteiger partial charge is 0.361 e. The molecular weight excluding hydrogens is 232 g/mol. The van der Waals surface area contributed by atoms with E-state index in [9.17, 15) is 4.79 Å². The molecule has 0 aliphatic heterocycles. The Morgan fingerprint density at radius 3 is 3.11 bits per heavy atom. The lowest BCUT2D eigenvalue weighted by atomic mass is 10.3. The van der Waals surface area contributed by atoms with Crippen LogP contribution in [0.25, 0.3) is 11.0 Å². The van der Waals surface area contributed by atoms with Crippen LogP contribution < -0.4 is 5.32 Å². The van der Waals surface area contributed by atoms with Gasteiger partial charge in [0.05, 0.1) is 11.9 Å². The number of hydrogen-bond donors (Lipinski definition) is 2. The van der Waals surface area contributed by atoms with Crippen molar-refractivity contribution in [2.45, 2.75) is 6.92 Å². The number of aromatic nitrogens is 3. The highest BCUT2D eigenvalue weighted by Crippen LogP contribution is 2.15. The SMILES string of the molecule is Cc1cc(C(=O)Nc2cnc3[nH]ccc3c2)no1. The van der Waals surface area contributed by atoms with Gasteiger partial charge in [-0.3, -0.25) is 4.79 Å². The Hall–Kier alpha value is -2.63. The Bertz CT molecular complexity index is 714. The zero-order chi connectivity index (χ0) is 12.5. The van der Waals surface area contributed by atoms with Gasteiger partial charge in [0, 0.05) is 17.6 Å². The van der Waals surface area contributed by atoms with E-state index < -0.39 is 0 Å². The van der Waals surface area contributed by atoms with Gasteiger partial charge in [-0.25, -0.2) is 4.98 Å². The molecule has 3 heterocycles. The number of aryl methyl sites for hydroxylation is 1. The van der Waals surface area contributed by atoms with Crippen LogP contribution in [-0.4, -0.2) is 21.0 Å². The van der Waals surface area contributed by atoms with Crippen LogP contribution in [0.3, 0.4) is 0 Å². The minimum atomic E-state index is -0.316. The summed E-state index contributed by atoms with van der Waals surface area (Å²) in [6, 6.07) is 5.31. The molecule has 0 saturated heterocycles. The van der Waals surface area contributed by atoms with E-state index in [-0.39, 0.29) is 11.6 Å². The van der Waals surface area contributed by atoms with Gasteiger partial charge in [0.25, 0.3) is 5.91 Å². The molecule has 0 saturated carbocycles. The molecule has 6 nitrogen and oxygen atoms in total. The molecule has 18 heavy (non-hydrogen) atoms. The Morgan fingerprint density at radius 2 is 2.33 bits per heavy atom. The van der Waals surface area contributed by atoms with Gasteiger partial charge in [-0.05, 0) is 19.1 Å². The van der Waals surface area contributed by atoms with E-state index in [0.29, 0.717) is 11.4 Å². The van der Waals surface area contributed by atoms with E-state index in [1.165, 1.54) is 0 Å². The van der Waals surface area contributed by atoms with Crippen molar-refractivity contribution in [1.82, 2.24) is 15.1 Å². The summed E-state index contributed by atoms with van der Waals surface area (Å²) < 4.78 is 4.85. The van der Waals surface area contributed by atoms with Crippen molar-refractivity contribution >= 4 is 22.6 Å². The standard InChI is InChI=1S/C12H10N4O2/c1-7-4-10(16-18-7)12(17)15-9-5-8-2-3-13-11(8)14-6-9/h2-6H,1H3,(H,13,14)(H,15,17). The zero-order valence-electron chi connectivity index (χ0n) is 9.60. The molecule has 3 aromatic heterocycles. The number of hydrogen-bond acceptors (Lipinski definition) is 4. The molecule has 0 fully saturated rings. The second-order valence-corrected chi connectivity index (χ2v) is 3.92. The number of amides is 1. The molecule has 0 aromatic carbocycles. The number of anilines is 1. The molecule has 0 aliphatic rings. The number of nitrogens with one attached hydrogen (secondary N) is 2. The summed E-state index contributed by atoms with van der Waals surface area (Å²) in [7, 11) is 0. The minimum Gasteiger partial charge on any atom is -0.361 e. The third-order valence-electron chi connectivity index (χ3n) is 2.52. The van der Waals surface area contributed by atoms with Crippen LogP contribution in [0, 0.1) is 6.92 Å². The van der Waals surface area contributed by atoms with Gasteiger partial charge in [-0.1, -0.05) is 5.16 Å².